The van der Waals surface area contributed by atoms with Crippen LogP contribution in [0.4, 0.5) is 11.4 Å². The fraction of sp³-hybridized carbons (Fsp3) is 0.348. The molecule has 1 spiro atoms. The first-order valence-corrected chi connectivity index (χ1v) is 10.8. The van der Waals surface area contributed by atoms with Crippen molar-refractivity contribution < 1.29 is 19.1 Å². The van der Waals surface area contributed by atoms with Crippen LogP contribution in [0.1, 0.15) is 18.4 Å². The fourth-order valence-corrected chi connectivity index (χ4v) is 6.40. The number of rotatable bonds is 2. The molecule has 4 atom stereocenters. The third-order valence-electron chi connectivity index (χ3n) is 7.31. The number of carbonyl (C=O) groups excluding carboxylic acids is 3. The van der Waals surface area contributed by atoms with Crippen LogP contribution in [0.3, 0.4) is 0 Å². The minimum absolute atomic E-state index is 0.152. The van der Waals surface area contributed by atoms with Crippen molar-refractivity contribution in [3.05, 3.63) is 53.1 Å². The molecule has 0 bridgehead atoms. The normalized spacial score (nSPS) is 31.2. The van der Waals surface area contributed by atoms with E-state index in [1.165, 1.54) is 4.90 Å². The summed E-state index contributed by atoms with van der Waals surface area (Å²) < 4.78 is 5.20. The molecule has 4 aliphatic rings. The number of imide groups is 1. The van der Waals surface area contributed by atoms with Crippen molar-refractivity contribution in [1.82, 2.24) is 4.90 Å². The minimum atomic E-state index is -1.21. The highest BCUT2D eigenvalue weighted by Gasteiger charge is 2.74. The van der Waals surface area contributed by atoms with E-state index in [0.29, 0.717) is 34.3 Å². The van der Waals surface area contributed by atoms with Crippen molar-refractivity contribution in [3.63, 3.8) is 0 Å². The quantitative estimate of drug-likeness (QED) is 0.731. The Morgan fingerprint density at radius 2 is 1.87 bits per heavy atom. The first-order chi connectivity index (χ1) is 15.0. The second-order valence-electron chi connectivity index (χ2n) is 8.50. The summed E-state index contributed by atoms with van der Waals surface area (Å²) in [7, 11) is 1.56. The Balaban J connectivity index is 1.53. The molecule has 2 aromatic rings. The number of amides is 3. The van der Waals surface area contributed by atoms with Gasteiger partial charge in [0, 0.05) is 11.6 Å². The number of hydrogen-bond donors (Lipinski definition) is 1. The Morgan fingerprint density at radius 3 is 2.61 bits per heavy atom. The number of para-hydroxylation sites is 1. The lowest BCUT2D eigenvalue weighted by molar-refractivity contribution is -0.135. The zero-order valence-corrected chi connectivity index (χ0v) is 17.6. The van der Waals surface area contributed by atoms with Crippen LogP contribution in [-0.4, -0.2) is 42.3 Å². The maximum atomic E-state index is 13.8. The highest BCUT2D eigenvalue weighted by Crippen LogP contribution is 2.61. The van der Waals surface area contributed by atoms with Crippen LogP contribution >= 0.6 is 11.6 Å². The average molecular weight is 438 g/mol. The first kappa shape index (κ1) is 18.8. The number of nitrogens with zero attached hydrogens (tertiary/aromatic N) is 2. The lowest BCUT2D eigenvalue weighted by Gasteiger charge is -2.36. The molecule has 0 unspecified atom stereocenters. The van der Waals surface area contributed by atoms with E-state index in [1.807, 2.05) is 6.07 Å². The monoisotopic (exact) mass is 437 g/mol. The second kappa shape index (κ2) is 6.31. The molecule has 1 N–H and O–H groups in total. The lowest BCUT2D eigenvalue weighted by atomic mass is 9.75. The van der Waals surface area contributed by atoms with Crippen molar-refractivity contribution in [2.24, 2.45) is 11.8 Å². The predicted molar refractivity (Wildman–Crippen MR) is 114 cm³/mol. The van der Waals surface area contributed by atoms with Crippen molar-refractivity contribution >= 4 is 40.7 Å². The zero-order valence-electron chi connectivity index (χ0n) is 16.8. The zero-order chi connectivity index (χ0) is 21.5. The molecule has 7 nitrogen and oxygen atoms in total. The van der Waals surface area contributed by atoms with Crippen molar-refractivity contribution in [2.45, 2.75) is 24.4 Å². The highest BCUT2D eigenvalue weighted by atomic mass is 35.5. The molecular weight excluding hydrogens is 418 g/mol. The molecule has 2 aromatic carbocycles. The van der Waals surface area contributed by atoms with Crippen LogP contribution in [0.25, 0.3) is 0 Å². The van der Waals surface area contributed by atoms with Gasteiger partial charge in [-0.2, -0.15) is 0 Å². The molecule has 0 aliphatic carbocycles. The number of halogens is 1. The molecule has 4 heterocycles. The van der Waals surface area contributed by atoms with E-state index >= 15 is 0 Å². The third-order valence-corrected chi connectivity index (χ3v) is 7.62. The maximum absolute atomic E-state index is 13.8. The number of nitrogens with one attached hydrogen (secondary N) is 1. The van der Waals surface area contributed by atoms with Gasteiger partial charge in [0.05, 0.1) is 35.3 Å². The minimum Gasteiger partial charge on any atom is -0.497 e. The van der Waals surface area contributed by atoms with Crippen LogP contribution in [0.2, 0.25) is 5.02 Å². The molecule has 3 saturated heterocycles. The van der Waals surface area contributed by atoms with Crippen LogP contribution in [0.15, 0.2) is 42.5 Å². The molecule has 0 saturated carbocycles. The Hall–Kier alpha value is -2.90. The van der Waals surface area contributed by atoms with E-state index in [-0.39, 0.29) is 23.8 Å². The number of fused-ring (bicyclic) bond motifs is 7. The van der Waals surface area contributed by atoms with E-state index in [2.05, 4.69) is 10.2 Å². The molecule has 3 amide bonds. The van der Waals surface area contributed by atoms with Gasteiger partial charge in [0.2, 0.25) is 11.8 Å². The van der Waals surface area contributed by atoms with Crippen molar-refractivity contribution in [2.75, 3.05) is 23.9 Å². The lowest BCUT2D eigenvalue weighted by Crippen LogP contribution is -2.54. The van der Waals surface area contributed by atoms with E-state index in [0.717, 1.165) is 12.8 Å². The molecule has 0 aromatic heterocycles. The molecular formula is C23H20ClN3O4. The summed E-state index contributed by atoms with van der Waals surface area (Å²) in [4.78, 5) is 44.3. The molecule has 0 radical (unpaired) electrons. The highest BCUT2D eigenvalue weighted by molar-refractivity contribution is 6.35. The molecule has 6 rings (SSSR count). The van der Waals surface area contributed by atoms with Gasteiger partial charge >= 0.3 is 0 Å². The number of methoxy groups -OCH3 is 1. The summed E-state index contributed by atoms with van der Waals surface area (Å²) in [5.74, 6) is -1.55. The Morgan fingerprint density at radius 1 is 1.10 bits per heavy atom. The standard InChI is InChI=1S/C23H20ClN3O4/c1-31-13-9-7-12(8-10-13)27-20(28)17-16-6-3-11-26(16)23(18(17)21(27)29)14-4-2-5-15(24)19(14)25-22(23)30/h2,4-5,7-10,16-18H,3,6,11H2,1H3,(H,25,30)/t16-,17+,18-,23-/m0/s1. The summed E-state index contributed by atoms with van der Waals surface area (Å²) in [5.41, 5.74) is 0.528. The van der Waals surface area contributed by atoms with Gasteiger partial charge in [0.25, 0.3) is 5.91 Å². The Kier molecular flexibility index (Phi) is 3.83. The summed E-state index contributed by atoms with van der Waals surface area (Å²) in [6, 6.07) is 12.1. The molecule has 4 aliphatic heterocycles. The van der Waals surface area contributed by atoms with Crippen LogP contribution in [-0.2, 0) is 19.9 Å². The third kappa shape index (κ3) is 2.15. The fourth-order valence-electron chi connectivity index (χ4n) is 6.18. The SMILES string of the molecule is COc1ccc(N2C(=O)[C@H]3[C@@H](C2=O)[C@@]2(C(=O)Nc4c(Cl)cccc42)N2CCC[C@@H]32)cc1. The van der Waals surface area contributed by atoms with Crippen LogP contribution < -0.4 is 15.0 Å². The smallest absolute Gasteiger partial charge is 0.250 e. The van der Waals surface area contributed by atoms with Gasteiger partial charge in [0.1, 0.15) is 11.3 Å². The van der Waals surface area contributed by atoms with Gasteiger partial charge in [-0.05, 0) is 49.7 Å². The van der Waals surface area contributed by atoms with Crippen molar-refractivity contribution in [1.29, 1.82) is 0 Å². The van der Waals surface area contributed by atoms with E-state index < -0.39 is 17.4 Å². The number of hydrogen-bond acceptors (Lipinski definition) is 5. The molecule has 31 heavy (non-hydrogen) atoms. The van der Waals surface area contributed by atoms with E-state index in [9.17, 15) is 14.4 Å². The summed E-state index contributed by atoms with van der Waals surface area (Å²) >= 11 is 6.39. The van der Waals surface area contributed by atoms with E-state index in [4.69, 9.17) is 16.3 Å². The van der Waals surface area contributed by atoms with Gasteiger partial charge in [-0.3, -0.25) is 19.3 Å². The largest absolute Gasteiger partial charge is 0.497 e. The molecule has 8 heteroatoms. The summed E-state index contributed by atoms with van der Waals surface area (Å²) in [6.07, 6.45) is 1.66. The first-order valence-electron chi connectivity index (χ1n) is 10.4. The number of ether oxygens (including phenoxy) is 1. The predicted octanol–water partition coefficient (Wildman–Crippen LogP) is 2.78. The number of benzene rings is 2. The number of carbonyl (C=O) groups is 3. The topological polar surface area (TPSA) is 78.9 Å². The Labute approximate surface area is 183 Å². The van der Waals surface area contributed by atoms with Crippen LogP contribution in [0.5, 0.6) is 5.75 Å². The molecule has 3 fully saturated rings. The van der Waals surface area contributed by atoms with Gasteiger partial charge < -0.3 is 10.1 Å². The van der Waals surface area contributed by atoms with Crippen LogP contribution in [0, 0.1) is 11.8 Å². The van der Waals surface area contributed by atoms with Gasteiger partial charge in [-0.15, -0.1) is 0 Å². The number of anilines is 2. The van der Waals surface area contributed by atoms with Crippen molar-refractivity contribution in [3.8, 4) is 5.75 Å². The Bertz CT molecular complexity index is 1150. The van der Waals surface area contributed by atoms with E-state index in [1.54, 1.807) is 43.5 Å². The van der Waals surface area contributed by atoms with Gasteiger partial charge in [-0.1, -0.05) is 23.7 Å². The summed E-state index contributed by atoms with van der Waals surface area (Å²) in [5, 5.41) is 3.35. The second-order valence-corrected chi connectivity index (χ2v) is 8.91. The van der Waals surface area contributed by atoms with Gasteiger partial charge in [0.15, 0.2) is 0 Å². The average Bonchev–Trinajstić information content (AvgIpc) is 3.47. The molecule has 158 valence electrons. The summed E-state index contributed by atoms with van der Waals surface area (Å²) in [6.45, 7) is 0.667. The van der Waals surface area contributed by atoms with Gasteiger partial charge in [-0.25, -0.2) is 4.90 Å². The maximum Gasteiger partial charge on any atom is 0.250 e.